The molecule has 0 bridgehead atoms. The van der Waals surface area contributed by atoms with E-state index >= 15 is 0 Å². The Bertz CT molecular complexity index is 438. The van der Waals surface area contributed by atoms with Crippen LogP contribution in [0.3, 0.4) is 0 Å². The van der Waals surface area contributed by atoms with Gasteiger partial charge in [-0.1, -0.05) is 0 Å². The predicted molar refractivity (Wildman–Crippen MR) is 67.0 cm³/mol. The fourth-order valence-corrected chi connectivity index (χ4v) is 1.40. The molecule has 0 heterocycles. The zero-order chi connectivity index (χ0) is 14.3. The molecular weight excluding hydrogens is 256 g/mol. The summed E-state index contributed by atoms with van der Waals surface area (Å²) in [5.41, 5.74) is 0.324. The number of halogens is 2. The van der Waals surface area contributed by atoms with Crippen molar-refractivity contribution in [3.05, 3.63) is 29.3 Å². The van der Waals surface area contributed by atoms with E-state index in [0.29, 0.717) is 6.61 Å². The Morgan fingerprint density at radius 2 is 2.05 bits per heavy atom. The number of aryl methyl sites for hydroxylation is 1. The normalized spacial score (nSPS) is 10.3. The fourth-order valence-electron chi connectivity index (χ4n) is 1.40. The highest BCUT2D eigenvalue weighted by molar-refractivity contribution is 5.70. The molecular formula is C13H17F2NO3. The molecule has 1 aromatic rings. The third-order valence-corrected chi connectivity index (χ3v) is 2.34. The van der Waals surface area contributed by atoms with E-state index in [0.717, 1.165) is 12.1 Å². The largest absolute Gasteiger partial charge is 0.464 e. The van der Waals surface area contributed by atoms with Gasteiger partial charge >= 0.3 is 5.97 Å². The van der Waals surface area contributed by atoms with Crippen LogP contribution in [0.4, 0.5) is 14.5 Å². The minimum atomic E-state index is -0.524. The fraction of sp³-hybridized carbons (Fsp3) is 0.462. The summed E-state index contributed by atoms with van der Waals surface area (Å²) in [6.07, 6.45) is 0. The number of carbonyl (C=O) groups is 1. The predicted octanol–water partition coefficient (Wildman–Crippen LogP) is 2.26. The highest BCUT2D eigenvalue weighted by Gasteiger charge is 2.07. The summed E-state index contributed by atoms with van der Waals surface area (Å²) in [6, 6.07) is 2.22. The van der Waals surface area contributed by atoms with Crippen LogP contribution < -0.4 is 5.32 Å². The number of ether oxygens (including phenoxy) is 2. The Labute approximate surface area is 110 Å². The summed E-state index contributed by atoms with van der Waals surface area (Å²) in [5, 5.41) is 2.69. The second-order valence-corrected chi connectivity index (χ2v) is 3.87. The van der Waals surface area contributed by atoms with Crippen LogP contribution in [0, 0.1) is 18.6 Å². The van der Waals surface area contributed by atoms with E-state index < -0.39 is 17.6 Å². The quantitative estimate of drug-likeness (QED) is 0.611. The molecule has 0 amide bonds. The lowest BCUT2D eigenvalue weighted by atomic mass is 10.2. The van der Waals surface area contributed by atoms with Crippen molar-refractivity contribution in [1.82, 2.24) is 0 Å². The first-order valence-electron chi connectivity index (χ1n) is 5.97. The van der Waals surface area contributed by atoms with Crippen LogP contribution in [0.1, 0.15) is 12.5 Å². The van der Waals surface area contributed by atoms with E-state index in [1.807, 2.05) is 0 Å². The number of benzene rings is 1. The van der Waals surface area contributed by atoms with Gasteiger partial charge in [0.1, 0.15) is 18.2 Å². The Kier molecular flexibility index (Phi) is 6.21. The second-order valence-electron chi connectivity index (χ2n) is 3.87. The minimum absolute atomic E-state index is 0.0721. The zero-order valence-electron chi connectivity index (χ0n) is 11.0. The maximum atomic E-state index is 13.4. The number of hydrogen-bond acceptors (Lipinski definition) is 4. The van der Waals surface area contributed by atoms with Crippen molar-refractivity contribution >= 4 is 11.7 Å². The van der Waals surface area contributed by atoms with Crippen LogP contribution in [0.2, 0.25) is 0 Å². The van der Waals surface area contributed by atoms with Crippen LogP contribution in [-0.4, -0.2) is 32.3 Å². The molecule has 1 N–H and O–H groups in total. The van der Waals surface area contributed by atoms with Crippen molar-refractivity contribution in [2.45, 2.75) is 13.8 Å². The summed E-state index contributed by atoms with van der Waals surface area (Å²) in [4.78, 5) is 10.9. The SMILES string of the molecule is CCOC(=O)COCCNc1cc(F)c(C)cc1F. The lowest BCUT2D eigenvalue weighted by Gasteiger charge is -2.09. The highest BCUT2D eigenvalue weighted by atomic mass is 19.1. The van der Waals surface area contributed by atoms with E-state index in [9.17, 15) is 13.6 Å². The molecule has 0 aliphatic rings. The molecule has 1 aromatic carbocycles. The van der Waals surface area contributed by atoms with Crippen LogP contribution in [0.5, 0.6) is 0 Å². The van der Waals surface area contributed by atoms with Gasteiger partial charge in [0.15, 0.2) is 0 Å². The highest BCUT2D eigenvalue weighted by Crippen LogP contribution is 2.18. The molecule has 4 nitrogen and oxygen atoms in total. The third kappa shape index (κ3) is 5.21. The van der Waals surface area contributed by atoms with Gasteiger partial charge in [0.05, 0.1) is 18.9 Å². The summed E-state index contributed by atoms with van der Waals surface area (Å²) >= 11 is 0. The van der Waals surface area contributed by atoms with Gasteiger partial charge in [-0.05, 0) is 25.5 Å². The maximum absolute atomic E-state index is 13.4. The van der Waals surface area contributed by atoms with Crippen molar-refractivity contribution in [2.75, 3.05) is 31.7 Å². The van der Waals surface area contributed by atoms with Crippen molar-refractivity contribution in [3.63, 3.8) is 0 Å². The van der Waals surface area contributed by atoms with Gasteiger partial charge < -0.3 is 14.8 Å². The number of rotatable bonds is 7. The molecule has 0 aliphatic heterocycles. The summed E-state index contributed by atoms with van der Waals surface area (Å²) in [6.45, 7) is 3.79. The van der Waals surface area contributed by atoms with Gasteiger partial charge in [-0.3, -0.25) is 0 Å². The average Bonchev–Trinajstić information content (AvgIpc) is 2.35. The summed E-state index contributed by atoms with van der Waals surface area (Å²) < 4.78 is 36.3. The monoisotopic (exact) mass is 273 g/mol. The number of hydrogen-bond donors (Lipinski definition) is 1. The molecule has 0 saturated carbocycles. The molecule has 0 spiro atoms. The van der Waals surface area contributed by atoms with Crippen molar-refractivity contribution in [1.29, 1.82) is 0 Å². The van der Waals surface area contributed by atoms with Gasteiger partial charge in [-0.15, -0.1) is 0 Å². The Morgan fingerprint density at radius 3 is 2.74 bits per heavy atom. The molecule has 106 valence electrons. The van der Waals surface area contributed by atoms with Crippen LogP contribution in [0.25, 0.3) is 0 Å². The molecule has 0 unspecified atom stereocenters. The Hall–Kier alpha value is -1.69. The Morgan fingerprint density at radius 1 is 1.32 bits per heavy atom. The number of anilines is 1. The molecule has 1 rings (SSSR count). The number of carbonyl (C=O) groups excluding carboxylic acids is 1. The van der Waals surface area contributed by atoms with Gasteiger partial charge in [-0.25, -0.2) is 13.6 Å². The van der Waals surface area contributed by atoms with Crippen molar-refractivity contribution in [2.24, 2.45) is 0 Å². The van der Waals surface area contributed by atoms with E-state index in [1.165, 1.54) is 6.92 Å². The first-order valence-corrected chi connectivity index (χ1v) is 5.97. The Balaban J connectivity index is 2.30. The van der Waals surface area contributed by atoms with E-state index in [1.54, 1.807) is 6.92 Å². The molecule has 0 radical (unpaired) electrons. The molecule has 0 saturated heterocycles. The minimum Gasteiger partial charge on any atom is -0.464 e. The van der Waals surface area contributed by atoms with Gasteiger partial charge in [-0.2, -0.15) is 0 Å². The second kappa shape index (κ2) is 7.68. The number of esters is 1. The van der Waals surface area contributed by atoms with Crippen LogP contribution in [0.15, 0.2) is 12.1 Å². The summed E-state index contributed by atoms with van der Waals surface area (Å²) in [7, 11) is 0. The molecule has 0 atom stereocenters. The molecule has 19 heavy (non-hydrogen) atoms. The lowest BCUT2D eigenvalue weighted by Crippen LogP contribution is -2.17. The third-order valence-electron chi connectivity index (χ3n) is 2.34. The van der Waals surface area contributed by atoms with E-state index in [-0.39, 0.29) is 31.0 Å². The average molecular weight is 273 g/mol. The first kappa shape index (κ1) is 15.4. The van der Waals surface area contributed by atoms with Crippen LogP contribution in [-0.2, 0) is 14.3 Å². The molecule has 0 aliphatic carbocycles. The first-order chi connectivity index (χ1) is 9.04. The zero-order valence-corrected chi connectivity index (χ0v) is 11.0. The standard InChI is InChI=1S/C13H17F2NO3/c1-3-19-13(17)8-18-5-4-16-12-7-10(14)9(2)6-11(12)15/h6-7,16H,3-5,8H2,1-2H3. The van der Waals surface area contributed by atoms with Gasteiger partial charge in [0.2, 0.25) is 0 Å². The van der Waals surface area contributed by atoms with Gasteiger partial charge in [0.25, 0.3) is 0 Å². The number of nitrogens with one attached hydrogen (secondary N) is 1. The smallest absolute Gasteiger partial charge is 0.332 e. The van der Waals surface area contributed by atoms with Crippen molar-refractivity contribution in [3.8, 4) is 0 Å². The molecule has 6 heteroatoms. The summed E-state index contributed by atoms with van der Waals surface area (Å²) in [5.74, 6) is -1.45. The molecule has 0 fully saturated rings. The lowest BCUT2D eigenvalue weighted by molar-refractivity contribution is -0.148. The van der Waals surface area contributed by atoms with Gasteiger partial charge in [0, 0.05) is 12.6 Å². The van der Waals surface area contributed by atoms with E-state index in [2.05, 4.69) is 10.1 Å². The topological polar surface area (TPSA) is 47.6 Å². The van der Waals surface area contributed by atoms with Crippen molar-refractivity contribution < 1.29 is 23.0 Å². The maximum Gasteiger partial charge on any atom is 0.332 e. The van der Waals surface area contributed by atoms with Crippen LogP contribution >= 0.6 is 0 Å². The molecule has 0 aromatic heterocycles. The van der Waals surface area contributed by atoms with E-state index in [4.69, 9.17) is 4.74 Å².